The average molecular weight is 280 g/mol. The number of nitrogens with zero attached hydrogens (tertiary/aromatic N) is 2. The van der Waals surface area contributed by atoms with Gasteiger partial charge in [-0.25, -0.2) is 4.98 Å². The van der Waals surface area contributed by atoms with Crippen LogP contribution in [0.25, 0.3) is 21.5 Å². The normalized spacial score (nSPS) is 10.4. The van der Waals surface area contributed by atoms with Crippen LogP contribution < -0.4 is 4.74 Å². The van der Waals surface area contributed by atoms with Gasteiger partial charge in [-0.15, -0.1) is 17.8 Å². The summed E-state index contributed by atoms with van der Waals surface area (Å²) in [4.78, 5) is 8.92. The molecule has 0 spiro atoms. The van der Waals surface area contributed by atoms with E-state index in [1.807, 2.05) is 29.8 Å². The highest BCUT2D eigenvalue weighted by Gasteiger charge is 2.13. The molecule has 3 aromatic rings. The highest BCUT2D eigenvalue weighted by atomic mass is 32.1. The Hall–Kier alpha value is -2.38. The molecule has 0 saturated carbocycles. The Balaban J connectivity index is 2.28. The van der Waals surface area contributed by atoms with Gasteiger partial charge in [-0.3, -0.25) is 4.98 Å². The van der Waals surface area contributed by atoms with Gasteiger partial charge in [-0.05, 0) is 30.5 Å². The van der Waals surface area contributed by atoms with Gasteiger partial charge in [0.2, 0.25) is 0 Å². The molecule has 1 aromatic carbocycles. The number of thiazole rings is 1. The standard InChI is InChI=1S/C16H12N2OS/c1-4-11-9-20-16(18-11)12-8-17-13-6-5-7-14(19-3)15(13)10(12)2/h1,5-9H,2-3H3. The largest absolute Gasteiger partial charge is 0.496 e. The summed E-state index contributed by atoms with van der Waals surface area (Å²) in [6.45, 7) is 2.05. The van der Waals surface area contributed by atoms with Crippen LogP contribution in [-0.4, -0.2) is 17.1 Å². The lowest BCUT2D eigenvalue weighted by Crippen LogP contribution is -1.92. The van der Waals surface area contributed by atoms with E-state index in [9.17, 15) is 0 Å². The van der Waals surface area contributed by atoms with Gasteiger partial charge in [-0.2, -0.15) is 0 Å². The molecule has 98 valence electrons. The number of ether oxygens (including phenoxy) is 1. The van der Waals surface area contributed by atoms with Crippen molar-refractivity contribution in [3.8, 4) is 28.7 Å². The predicted molar refractivity (Wildman–Crippen MR) is 82.1 cm³/mol. The summed E-state index contributed by atoms with van der Waals surface area (Å²) < 4.78 is 5.44. The third-order valence-electron chi connectivity index (χ3n) is 3.22. The molecule has 0 aliphatic rings. The molecule has 3 rings (SSSR count). The first kappa shape index (κ1) is 12.6. The van der Waals surface area contributed by atoms with Crippen LogP contribution in [0.5, 0.6) is 5.75 Å². The Morgan fingerprint density at radius 1 is 1.35 bits per heavy atom. The number of rotatable bonds is 2. The number of terminal acetylenes is 1. The molecule has 0 N–H and O–H groups in total. The van der Waals surface area contributed by atoms with Crippen molar-refractivity contribution in [1.82, 2.24) is 9.97 Å². The summed E-state index contributed by atoms with van der Waals surface area (Å²) in [5.74, 6) is 3.37. The second-order valence-corrected chi connectivity index (χ2v) is 5.19. The summed E-state index contributed by atoms with van der Waals surface area (Å²) >= 11 is 1.53. The molecule has 20 heavy (non-hydrogen) atoms. The highest BCUT2D eigenvalue weighted by Crippen LogP contribution is 2.34. The van der Waals surface area contributed by atoms with Crippen molar-refractivity contribution in [2.24, 2.45) is 0 Å². The molecule has 4 heteroatoms. The topological polar surface area (TPSA) is 35.0 Å². The van der Waals surface area contributed by atoms with Gasteiger partial charge in [0, 0.05) is 22.5 Å². The fraction of sp³-hybridized carbons (Fsp3) is 0.125. The van der Waals surface area contributed by atoms with Crippen molar-refractivity contribution in [3.05, 3.63) is 41.0 Å². The smallest absolute Gasteiger partial charge is 0.128 e. The van der Waals surface area contributed by atoms with Crippen molar-refractivity contribution >= 4 is 22.2 Å². The maximum absolute atomic E-state index is 5.44. The first-order valence-corrected chi connectivity index (χ1v) is 6.97. The van der Waals surface area contributed by atoms with Crippen LogP contribution in [0.15, 0.2) is 29.8 Å². The fourth-order valence-electron chi connectivity index (χ4n) is 2.22. The number of aromatic nitrogens is 2. The predicted octanol–water partition coefficient (Wildman–Crippen LogP) is 3.66. The van der Waals surface area contributed by atoms with Gasteiger partial charge in [-0.1, -0.05) is 6.07 Å². The number of methoxy groups -OCH3 is 1. The van der Waals surface area contributed by atoms with Crippen LogP contribution in [0.4, 0.5) is 0 Å². The molecule has 0 aliphatic heterocycles. The van der Waals surface area contributed by atoms with Crippen LogP contribution in [0.1, 0.15) is 11.3 Å². The van der Waals surface area contributed by atoms with Crippen LogP contribution in [0.2, 0.25) is 0 Å². The molecule has 0 unspecified atom stereocenters. The van der Waals surface area contributed by atoms with Gasteiger partial charge >= 0.3 is 0 Å². The molecule has 3 nitrogen and oxygen atoms in total. The Morgan fingerprint density at radius 2 is 2.20 bits per heavy atom. The van der Waals surface area contributed by atoms with Crippen LogP contribution in [0.3, 0.4) is 0 Å². The Kier molecular flexibility index (Phi) is 3.13. The zero-order valence-corrected chi connectivity index (χ0v) is 12.0. The van der Waals surface area contributed by atoms with E-state index in [2.05, 4.69) is 22.8 Å². The lowest BCUT2D eigenvalue weighted by atomic mass is 10.0. The Bertz CT molecular complexity index is 830. The number of aryl methyl sites for hydroxylation is 1. The number of pyridine rings is 1. The first-order valence-electron chi connectivity index (χ1n) is 6.09. The van der Waals surface area contributed by atoms with Crippen molar-refractivity contribution in [2.45, 2.75) is 6.92 Å². The molecule has 0 fully saturated rings. The number of hydrogen-bond acceptors (Lipinski definition) is 4. The zero-order chi connectivity index (χ0) is 14.1. The minimum Gasteiger partial charge on any atom is -0.496 e. The van der Waals surface area contributed by atoms with Crippen LogP contribution >= 0.6 is 11.3 Å². The molecule has 0 saturated heterocycles. The summed E-state index contributed by atoms with van der Waals surface area (Å²) in [5, 5.41) is 3.78. The van der Waals surface area contributed by atoms with Gasteiger partial charge in [0.25, 0.3) is 0 Å². The van der Waals surface area contributed by atoms with Crippen LogP contribution in [0, 0.1) is 19.3 Å². The maximum atomic E-state index is 5.44. The fourth-order valence-corrected chi connectivity index (χ4v) is 3.05. The van der Waals surface area contributed by atoms with Crippen molar-refractivity contribution < 1.29 is 4.74 Å². The summed E-state index contributed by atoms with van der Waals surface area (Å²) in [6.07, 6.45) is 7.22. The second kappa shape index (κ2) is 4.95. The van der Waals surface area contributed by atoms with Gasteiger partial charge in [0.05, 0.1) is 12.6 Å². The Morgan fingerprint density at radius 3 is 2.90 bits per heavy atom. The van der Waals surface area contributed by atoms with E-state index in [1.165, 1.54) is 11.3 Å². The summed E-state index contributed by atoms with van der Waals surface area (Å²) in [7, 11) is 1.67. The van der Waals surface area contributed by atoms with E-state index >= 15 is 0 Å². The summed E-state index contributed by atoms with van der Waals surface area (Å²) in [5.41, 5.74) is 3.67. The van der Waals surface area contributed by atoms with E-state index < -0.39 is 0 Å². The van der Waals surface area contributed by atoms with Gasteiger partial charge in [0.15, 0.2) is 0 Å². The summed E-state index contributed by atoms with van der Waals surface area (Å²) in [6, 6.07) is 5.85. The molecule has 0 radical (unpaired) electrons. The van der Waals surface area contributed by atoms with E-state index in [-0.39, 0.29) is 0 Å². The zero-order valence-electron chi connectivity index (χ0n) is 11.2. The van der Waals surface area contributed by atoms with Gasteiger partial charge in [0.1, 0.15) is 16.5 Å². The monoisotopic (exact) mass is 280 g/mol. The van der Waals surface area contributed by atoms with Crippen molar-refractivity contribution in [1.29, 1.82) is 0 Å². The third-order valence-corrected chi connectivity index (χ3v) is 4.09. The third kappa shape index (κ3) is 1.93. The van der Waals surface area contributed by atoms with E-state index in [0.717, 1.165) is 32.8 Å². The molecular formula is C16H12N2OS. The molecule has 0 atom stereocenters. The first-order chi connectivity index (χ1) is 9.74. The molecule has 2 aromatic heterocycles. The highest BCUT2D eigenvalue weighted by molar-refractivity contribution is 7.13. The molecule has 0 aliphatic carbocycles. The molecular weight excluding hydrogens is 268 g/mol. The van der Waals surface area contributed by atoms with Gasteiger partial charge < -0.3 is 4.74 Å². The quantitative estimate of drug-likeness (QED) is 0.672. The van der Waals surface area contributed by atoms with E-state index in [1.54, 1.807) is 7.11 Å². The average Bonchev–Trinajstić information content (AvgIpc) is 2.95. The molecule has 0 bridgehead atoms. The maximum Gasteiger partial charge on any atom is 0.128 e. The van der Waals surface area contributed by atoms with Crippen LogP contribution in [-0.2, 0) is 0 Å². The van der Waals surface area contributed by atoms with E-state index in [0.29, 0.717) is 5.69 Å². The SMILES string of the molecule is C#Cc1csc(-c2cnc3cccc(OC)c3c2C)n1. The van der Waals surface area contributed by atoms with Crippen molar-refractivity contribution in [3.63, 3.8) is 0 Å². The Labute approximate surface area is 121 Å². The lowest BCUT2D eigenvalue weighted by Gasteiger charge is -2.10. The van der Waals surface area contributed by atoms with E-state index in [4.69, 9.17) is 11.2 Å². The second-order valence-electron chi connectivity index (χ2n) is 4.33. The number of fused-ring (bicyclic) bond motifs is 1. The minimum absolute atomic E-state index is 0.657. The van der Waals surface area contributed by atoms with Crippen molar-refractivity contribution in [2.75, 3.05) is 7.11 Å². The number of benzene rings is 1. The lowest BCUT2D eigenvalue weighted by molar-refractivity contribution is 0.419. The number of hydrogen-bond donors (Lipinski definition) is 0. The minimum atomic E-state index is 0.657. The molecule has 2 heterocycles. The molecule has 0 amide bonds.